The number of phenols is 2. The summed E-state index contributed by atoms with van der Waals surface area (Å²) in [6.07, 6.45) is 1.54. The second-order valence-electron chi connectivity index (χ2n) is 4.16. The molecule has 0 amide bonds. The van der Waals surface area contributed by atoms with E-state index in [9.17, 15) is 15.0 Å². The van der Waals surface area contributed by atoms with E-state index in [-0.39, 0.29) is 29.4 Å². The monoisotopic (exact) mass is 300 g/mol. The van der Waals surface area contributed by atoms with Crippen molar-refractivity contribution in [1.29, 1.82) is 0 Å². The zero-order chi connectivity index (χ0) is 16.0. The second-order valence-corrected chi connectivity index (χ2v) is 4.16. The summed E-state index contributed by atoms with van der Waals surface area (Å²) in [5, 5.41) is 19.9. The van der Waals surface area contributed by atoms with Crippen molar-refractivity contribution in [2.75, 3.05) is 27.9 Å². The van der Waals surface area contributed by atoms with Gasteiger partial charge in [-0.05, 0) is 6.42 Å². The van der Waals surface area contributed by atoms with E-state index in [1.165, 1.54) is 21.3 Å². The lowest BCUT2D eigenvalue weighted by molar-refractivity contribution is 0.0491. The van der Waals surface area contributed by atoms with Crippen LogP contribution >= 0.6 is 0 Å². The number of phenolic OH excluding ortho intramolecular Hbond substituents is 2. The van der Waals surface area contributed by atoms with E-state index >= 15 is 0 Å². The molecule has 0 aliphatic rings. The van der Waals surface area contributed by atoms with E-state index in [4.69, 9.17) is 18.9 Å². The fourth-order valence-corrected chi connectivity index (χ4v) is 1.80. The lowest BCUT2D eigenvalue weighted by Crippen LogP contribution is -2.10. The number of unbranched alkanes of at least 4 members (excludes halogenated alkanes) is 1. The molecule has 0 aliphatic carbocycles. The molecule has 118 valence electrons. The molecule has 1 rings (SSSR count). The SMILES string of the molecule is CCCCOC(=O)c1c(O)c(O)c(OC)c(OC)c1OC. The second kappa shape index (κ2) is 7.47. The van der Waals surface area contributed by atoms with Gasteiger partial charge in [0.2, 0.25) is 17.2 Å². The van der Waals surface area contributed by atoms with Gasteiger partial charge in [0.05, 0.1) is 27.9 Å². The molecule has 7 nitrogen and oxygen atoms in total. The van der Waals surface area contributed by atoms with Gasteiger partial charge in [-0.2, -0.15) is 0 Å². The van der Waals surface area contributed by atoms with E-state index in [0.717, 1.165) is 6.42 Å². The molecule has 0 bridgehead atoms. The first-order valence-electron chi connectivity index (χ1n) is 6.44. The molecule has 1 aromatic carbocycles. The van der Waals surface area contributed by atoms with Gasteiger partial charge >= 0.3 is 5.97 Å². The minimum Gasteiger partial charge on any atom is -0.503 e. The summed E-state index contributed by atoms with van der Waals surface area (Å²) in [5.74, 6) is -2.29. The first-order chi connectivity index (χ1) is 10.0. The van der Waals surface area contributed by atoms with Crippen LogP contribution in [-0.2, 0) is 4.74 Å². The molecule has 0 spiro atoms. The predicted molar refractivity (Wildman–Crippen MR) is 74.6 cm³/mol. The van der Waals surface area contributed by atoms with Crippen LogP contribution in [-0.4, -0.2) is 44.1 Å². The molecule has 21 heavy (non-hydrogen) atoms. The van der Waals surface area contributed by atoms with Crippen LogP contribution < -0.4 is 14.2 Å². The Bertz CT molecular complexity index is 511. The Morgan fingerprint density at radius 3 is 2.00 bits per heavy atom. The molecular weight excluding hydrogens is 280 g/mol. The Morgan fingerprint density at radius 1 is 0.952 bits per heavy atom. The van der Waals surface area contributed by atoms with Gasteiger partial charge < -0.3 is 29.2 Å². The quantitative estimate of drug-likeness (QED) is 0.452. The number of ether oxygens (including phenoxy) is 4. The topological polar surface area (TPSA) is 94.5 Å². The third-order valence-corrected chi connectivity index (χ3v) is 2.86. The average molecular weight is 300 g/mol. The van der Waals surface area contributed by atoms with E-state index in [0.29, 0.717) is 6.42 Å². The molecule has 2 N–H and O–H groups in total. The molecule has 7 heteroatoms. The van der Waals surface area contributed by atoms with Crippen molar-refractivity contribution < 1.29 is 34.0 Å². The highest BCUT2D eigenvalue weighted by atomic mass is 16.5. The zero-order valence-corrected chi connectivity index (χ0v) is 12.6. The molecule has 1 aromatic rings. The summed E-state index contributed by atoms with van der Waals surface area (Å²) in [5.41, 5.74) is -0.302. The number of methoxy groups -OCH3 is 3. The summed E-state index contributed by atoms with van der Waals surface area (Å²) in [4.78, 5) is 12.1. The summed E-state index contributed by atoms with van der Waals surface area (Å²) in [6.45, 7) is 2.15. The maximum absolute atomic E-state index is 12.1. The number of benzene rings is 1. The van der Waals surface area contributed by atoms with Gasteiger partial charge in [0, 0.05) is 0 Å². The minimum absolute atomic E-state index is 0.00209. The lowest BCUT2D eigenvalue weighted by Gasteiger charge is -2.18. The fourth-order valence-electron chi connectivity index (χ4n) is 1.80. The van der Waals surface area contributed by atoms with Crippen LogP contribution in [0.3, 0.4) is 0 Å². The normalized spacial score (nSPS) is 10.1. The van der Waals surface area contributed by atoms with Crippen LogP contribution in [0.4, 0.5) is 0 Å². The van der Waals surface area contributed by atoms with Crippen LogP contribution in [0.2, 0.25) is 0 Å². The Labute approximate surface area is 123 Å². The van der Waals surface area contributed by atoms with Crippen LogP contribution in [0.5, 0.6) is 28.7 Å². The van der Waals surface area contributed by atoms with Gasteiger partial charge in [-0.25, -0.2) is 4.79 Å². The molecule has 0 atom stereocenters. The number of esters is 1. The Hall–Kier alpha value is -2.31. The van der Waals surface area contributed by atoms with Crippen molar-refractivity contribution in [2.45, 2.75) is 19.8 Å². The summed E-state index contributed by atoms with van der Waals surface area (Å²) in [6, 6.07) is 0. The first kappa shape index (κ1) is 16.7. The molecule has 0 saturated heterocycles. The molecule has 0 heterocycles. The third-order valence-electron chi connectivity index (χ3n) is 2.86. The van der Waals surface area contributed by atoms with E-state index in [1.807, 2.05) is 6.92 Å². The summed E-state index contributed by atoms with van der Waals surface area (Å²) < 4.78 is 20.2. The highest BCUT2D eigenvalue weighted by Crippen LogP contribution is 2.52. The molecule has 0 fully saturated rings. The zero-order valence-electron chi connectivity index (χ0n) is 12.6. The molecule has 0 unspecified atom stereocenters. The van der Waals surface area contributed by atoms with Crippen molar-refractivity contribution in [3.63, 3.8) is 0 Å². The van der Waals surface area contributed by atoms with E-state index in [2.05, 4.69) is 0 Å². The van der Waals surface area contributed by atoms with Crippen molar-refractivity contribution in [3.05, 3.63) is 5.56 Å². The number of carbonyl (C=O) groups excluding carboxylic acids is 1. The number of aromatic hydroxyl groups is 2. The van der Waals surface area contributed by atoms with Gasteiger partial charge in [0.25, 0.3) is 0 Å². The Kier molecular flexibility index (Phi) is 5.95. The van der Waals surface area contributed by atoms with Gasteiger partial charge in [-0.3, -0.25) is 0 Å². The predicted octanol–water partition coefficient (Wildman–Crippen LogP) is 2.08. The van der Waals surface area contributed by atoms with Crippen LogP contribution in [0.25, 0.3) is 0 Å². The molecule has 0 aliphatic heterocycles. The number of hydrogen-bond donors (Lipinski definition) is 2. The largest absolute Gasteiger partial charge is 0.503 e. The standard InChI is InChI=1S/C14H20O7/c1-5-6-7-21-14(17)8-9(15)10(16)12(19-3)13(20-4)11(8)18-2/h15-16H,5-7H2,1-4H3. The summed E-state index contributed by atoms with van der Waals surface area (Å²) in [7, 11) is 3.91. The van der Waals surface area contributed by atoms with Crippen molar-refractivity contribution >= 4 is 5.97 Å². The van der Waals surface area contributed by atoms with E-state index in [1.54, 1.807) is 0 Å². The maximum atomic E-state index is 12.1. The van der Waals surface area contributed by atoms with Gasteiger partial charge in [-0.15, -0.1) is 0 Å². The smallest absolute Gasteiger partial charge is 0.346 e. The number of carbonyl (C=O) groups is 1. The average Bonchev–Trinajstić information content (AvgIpc) is 2.48. The van der Waals surface area contributed by atoms with Gasteiger partial charge in [0.1, 0.15) is 0 Å². The fraction of sp³-hybridized carbons (Fsp3) is 0.500. The lowest BCUT2D eigenvalue weighted by atomic mass is 10.1. The van der Waals surface area contributed by atoms with Crippen LogP contribution in [0, 0.1) is 0 Å². The Morgan fingerprint density at radius 2 is 1.52 bits per heavy atom. The minimum atomic E-state index is -0.811. The Balaban J connectivity index is 3.36. The van der Waals surface area contributed by atoms with Crippen LogP contribution in [0.15, 0.2) is 0 Å². The first-order valence-corrected chi connectivity index (χ1v) is 6.44. The van der Waals surface area contributed by atoms with Gasteiger partial charge in [-0.1, -0.05) is 13.3 Å². The van der Waals surface area contributed by atoms with Crippen molar-refractivity contribution in [2.24, 2.45) is 0 Å². The molecule has 0 radical (unpaired) electrons. The molecular formula is C14H20O7. The van der Waals surface area contributed by atoms with Crippen LogP contribution in [0.1, 0.15) is 30.1 Å². The van der Waals surface area contributed by atoms with Crippen molar-refractivity contribution in [3.8, 4) is 28.7 Å². The maximum Gasteiger partial charge on any atom is 0.346 e. The highest BCUT2D eigenvalue weighted by molar-refractivity contribution is 5.99. The number of hydrogen-bond acceptors (Lipinski definition) is 7. The summed E-state index contributed by atoms with van der Waals surface area (Å²) >= 11 is 0. The molecule has 0 aromatic heterocycles. The number of rotatable bonds is 7. The van der Waals surface area contributed by atoms with Crippen molar-refractivity contribution in [1.82, 2.24) is 0 Å². The third kappa shape index (κ3) is 3.24. The highest BCUT2D eigenvalue weighted by Gasteiger charge is 2.31. The van der Waals surface area contributed by atoms with E-state index < -0.39 is 17.5 Å². The van der Waals surface area contributed by atoms with Gasteiger partial charge in [0.15, 0.2) is 17.1 Å². The molecule has 0 saturated carbocycles.